The van der Waals surface area contributed by atoms with Crippen molar-refractivity contribution in [1.29, 1.82) is 0 Å². The SMILES string of the molecule is CCCCCCCC[n+]1ccc(C(=O)Nc2ccc(NC(=O)c3cc[n+](CCCCCCCC)cc3)cc2)cc1.[I-]. The zero-order valence-electron chi connectivity index (χ0n) is 24.9. The van der Waals surface area contributed by atoms with Gasteiger partial charge in [0, 0.05) is 48.5 Å². The van der Waals surface area contributed by atoms with Crippen molar-refractivity contribution >= 4 is 23.2 Å². The van der Waals surface area contributed by atoms with E-state index in [9.17, 15) is 9.59 Å². The summed E-state index contributed by atoms with van der Waals surface area (Å²) in [6.07, 6.45) is 23.1. The van der Waals surface area contributed by atoms with E-state index in [1.54, 1.807) is 24.3 Å². The summed E-state index contributed by atoms with van der Waals surface area (Å²) in [5, 5.41) is 5.87. The molecule has 0 radical (unpaired) electrons. The highest BCUT2D eigenvalue weighted by atomic mass is 127. The predicted molar refractivity (Wildman–Crippen MR) is 162 cm³/mol. The van der Waals surface area contributed by atoms with Crippen molar-refractivity contribution < 1.29 is 42.7 Å². The number of benzene rings is 1. The molecule has 2 N–H and O–H groups in total. The fraction of sp³-hybridized carbons (Fsp3) is 0.471. The van der Waals surface area contributed by atoms with Crippen LogP contribution in [-0.4, -0.2) is 11.8 Å². The standard InChI is InChI=1S/C34H46N4O2.HI/c1-3-5-7-9-11-13-23-37-25-19-29(20-26-37)33(39)35-31-15-17-32(18-16-31)36-34(40)30-21-27-38(28-22-30)24-14-12-10-8-6-4-2;/h15-22,25-28H,3-14,23-24H2,1-2H3;1H/p+1. The van der Waals surface area contributed by atoms with E-state index in [1.807, 2.05) is 49.1 Å². The van der Waals surface area contributed by atoms with E-state index in [2.05, 4.69) is 33.6 Å². The van der Waals surface area contributed by atoms with Crippen molar-refractivity contribution in [2.45, 2.75) is 104 Å². The number of anilines is 2. The first-order chi connectivity index (χ1) is 19.6. The number of amides is 2. The van der Waals surface area contributed by atoms with Crippen molar-refractivity contribution in [3.63, 3.8) is 0 Å². The molecule has 2 aromatic heterocycles. The zero-order chi connectivity index (χ0) is 28.4. The lowest BCUT2D eigenvalue weighted by Crippen LogP contribution is -3.00. The minimum absolute atomic E-state index is 0. The number of carbonyl (C=O) groups is 2. The molecule has 0 saturated heterocycles. The number of halogens is 1. The highest BCUT2D eigenvalue weighted by Crippen LogP contribution is 2.16. The number of rotatable bonds is 18. The molecule has 2 heterocycles. The summed E-state index contributed by atoms with van der Waals surface area (Å²) in [6.45, 7) is 6.42. The van der Waals surface area contributed by atoms with Crippen molar-refractivity contribution in [1.82, 2.24) is 0 Å². The predicted octanol–water partition coefficient (Wildman–Crippen LogP) is 4.49. The van der Waals surface area contributed by atoms with Crippen LogP contribution in [0.1, 0.15) is 112 Å². The van der Waals surface area contributed by atoms with Crippen molar-refractivity contribution in [2.24, 2.45) is 0 Å². The molecule has 0 unspecified atom stereocenters. The Balaban J connectivity index is 0.00000588. The third-order valence-electron chi connectivity index (χ3n) is 7.25. The molecule has 3 aromatic rings. The van der Waals surface area contributed by atoms with Crippen molar-refractivity contribution in [3.05, 3.63) is 84.4 Å². The Hall–Kier alpha value is -2.81. The fourth-order valence-corrected chi connectivity index (χ4v) is 4.71. The molecule has 3 rings (SSSR count). The molecule has 0 aliphatic rings. The van der Waals surface area contributed by atoms with Gasteiger partial charge in [-0.1, -0.05) is 65.2 Å². The summed E-state index contributed by atoms with van der Waals surface area (Å²) in [6, 6.07) is 14.6. The number of hydrogen-bond donors (Lipinski definition) is 2. The quantitative estimate of drug-likeness (QED) is 0.119. The number of aryl methyl sites for hydroxylation is 2. The van der Waals surface area contributed by atoms with Crippen LogP contribution in [0.15, 0.2) is 73.3 Å². The molecular weight excluding hydrogens is 623 g/mol. The Labute approximate surface area is 264 Å². The van der Waals surface area contributed by atoms with Gasteiger partial charge in [0.15, 0.2) is 24.8 Å². The molecule has 6 nitrogen and oxygen atoms in total. The second kappa shape index (κ2) is 20.1. The first-order valence-electron chi connectivity index (χ1n) is 15.3. The van der Waals surface area contributed by atoms with E-state index in [0.717, 1.165) is 25.9 Å². The Morgan fingerprint density at radius 3 is 1.17 bits per heavy atom. The minimum Gasteiger partial charge on any atom is -1.00 e. The van der Waals surface area contributed by atoms with Gasteiger partial charge in [-0.15, -0.1) is 0 Å². The zero-order valence-corrected chi connectivity index (χ0v) is 27.1. The molecule has 0 saturated carbocycles. The average molecular weight is 672 g/mol. The molecule has 0 aliphatic heterocycles. The molecule has 7 heteroatoms. The van der Waals surface area contributed by atoms with Gasteiger partial charge in [0.2, 0.25) is 0 Å². The van der Waals surface area contributed by atoms with Gasteiger partial charge in [-0.3, -0.25) is 9.59 Å². The number of hydrogen-bond acceptors (Lipinski definition) is 2. The van der Waals surface area contributed by atoms with Crippen LogP contribution in [0.3, 0.4) is 0 Å². The van der Waals surface area contributed by atoms with Crippen LogP contribution in [0, 0.1) is 0 Å². The van der Waals surface area contributed by atoms with Gasteiger partial charge in [0.1, 0.15) is 13.1 Å². The molecule has 41 heavy (non-hydrogen) atoms. The van der Waals surface area contributed by atoms with Crippen LogP contribution in [-0.2, 0) is 13.1 Å². The van der Waals surface area contributed by atoms with E-state index in [-0.39, 0.29) is 35.8 Å². The summed E-state index contributed by atoms with van der Waals surface area (Å²) in [5.41, 5.74) is 2.60. The second-order valence-electron chi connectivity index (χ2n) is 10.7. The smallest absolute Gasteiger partial charge is 0.256 e. The number of carbonyl (C=O) groups excluding carboxylic acids is 2. The van der Waals surface area contributed by atoms with Crippen LogP contribution < -0.4 is 43.7 Å². The minimum atomic E-state index is -0.151. The maximum atomic E-state index is 12.7. The number of nitrogens with zero attached hydrogens (tertiary/aromatic N) is 2. The highest BCUT2D eigenvalue weighted by Gasteiger charge is 2.11. The first kappa shape index (κ1) is 34.4. The second-order valence-corrected chi connectivity index (χ2v) is 10.7. The topological polar surface area (TPSA) is 66.0 Å². The third-order valence-corrected chi connectivity index (χ3v) is 7.25. The van der Waals surface area contributed by atoms with Gasteiger partial charge in [0.25, 0.3) is 11.8 Å². The summed E-state index contributed by atoms with van der Waals surface area (Å²) >= 11 is 0. The van der Waals surface area contributed by atoms with E-state index in [1.165, 1.54) is 64.2 Å². The van der Waals surface area contributed by atoms with Crippen molar-refractivity contribution in [3.8, 4) is 0 Å². The van der Waals surface area contributed by atoms with Gasteiger partial charge < -0.3 is 34.6 Å². The third kappa shape index (κ3) is 13.1. The van der Waals surface area contributed by atoms with Gasteiger partial charge in [-0.05, 0) is 37.1 Å². The molecule has 1 aromatic carbocycles. The Morgan fingerprint density at radius 2 is 0.829 bits per heavy atom. The van der Waals surface area contributed by atoms with Gasteiger partial charge in [-0.2, -0.15) is 0 Å². The molecule has 222 valence electrons. The molecule has 0 aliphatic carbocycles. The van der Waals surface area contributed by atoms with E-state index in [0.29, 0.717) is 22.5 Å². The fourth-order valence-electron chi connectivity index (χ4n) is 4.71. The first-order valence-corrected chi connectivity index (χ1v) is 15.3. The average Bonchev–Trinajstić information content (AvgIpc) is 2.98. The van der Waals surface area contributed by atoms with Crippen LogP contribution in [0.4, 0.5) is 11.4 Å². The van der Waals surface area contributed by atoms with Gasteiger partial charge >= 0.3 is 0 Å². The number of pyridine rings is 2. The van der Waals surface area contributed by atoms with Crippen LogP contribution in [0.25, 0.3) is 0 Å². The highest BCUT2D eigenvalue weighted by molar-refractivity contribution is 6.05. The summed E-state index contributed by atoms with van der Waals surface area (Å²) in [5.74, 6) is -0.302. The normalized spacial score (nSPS) is 10.6. The Kier molecular flexibility index (Phi) is 16.9. The summed E-state index contributed by atoms with van der Waals surface area (Å²) in [4.78, 5) is 25.4. The molecule has 0 fully saturated rings. The molecular formula is C34H48IN4O2+. The van der Waals surface area contributed by atoms with Crippen molar-refractivity contribution in [2.75, 3.05) is 10.6 Å². The lowest BCUT2D eigenvalue weighted by atomic mass is 10.1. The lowest BCUT2D eigenvalue weighted by molar-refractivity contribution is -0.697. The van der Waals surface area contributed by atoms with E-state index < -0.39 is 0 Å². The molecule has 2 amide bonds. The van der Waals surface area contributed by atoms with E-state index >= 15 is 0 Å². The van der Waals surface area contributed by atoms with Gasteiger partial charge in [0.05, 0.1) is 11.1 Å². The summed E-state index contributed by atoms with van der Waals surface area (Å²) in [7, 11) is 0. The number of unbranched alkanes of at least 4 members (excludes halogenated alkanes) is 10. The van der Waals surface area contributed by atoms with Crippen LogP contribution in [0.5, 0.6) is 0 Å². The number of aromatic nitrogens is 2. The lowest BCUT2D eigenvalue weighted by Gasteiger charge is -2.08. The van der Waals surface area contributed by atoms with Gasteiger partial charge in [-0.25, -0.2) is 9.13 Å². The largest absolute Gasteiger partial charge is 1.00 e. The van der Waals surface area contributed by atoms with E-state index in [4.69, 9.17) is 0 Å². The molecule has 0 spiro atoms. The maximum Gasteiger partial charge on any atom is 0.256 e. The monoisotopic (exact) mass is 671 g/mol. The molecule has 0 atom stereocenters. The maximum absolute atomic E-state index is 12.7. The number of nitrogens with one attached hydrogen (secondary N) is 2. The molecule has 0 bridgehead atoms. The Morgan fingerprint density at radius 1 is 0.512 bits per heavy atom. The Bertz CT molecular complexity index is 1060. The summed E-state index contributed by atoms with van der Waals surface area (Å²) < 4.78 is 4.27. The van der Waals surface area contributed by atoms with Crippen LogP contribution in [0.2, 0.25) is 0 Å². The van der Waals surface area contributed by atoms with Crippen LogP contribution >= 0.6 is 0 Å².